The van der Waals surface area contributed by atoms with Crippen molar-refractivity contribution in [1.29, 1.82) is 0 Å². The molecule has 1 aliphatic rings. The molecule has 150 valence electrons. The van der Waals surface area contributed by atoms with Crippen LogP contribution in [0.1, 0.15) is 49.7 Å². The highest BCUT2D eigenvalue weighted by atomic mass is 19.2. The average Bonchev–Trinajstić information content (AvgIpc) is 2.71. The topological polar surface area (TPSA) is 18.5 Å². The lowest BCUT2D eigenvalue weighted by Crippen LogP contribution is -2.27. The van der Waals surface area contributed by atoms with Crippen molar-refractivity contribution in [3.8, 4) is 11.1 Å². The van der Waals surface area contributed by atoms with Crippen LogP contribution in [0.15, 0.2) is 36.9 Å². The Morgan fingerprint density at radius 3 is 2.54 bits per heavy atom. The molecule has 5 heteroatoms. The molecule has 2 nitrogen and oxygen atoms in total. The van der Waals surface area contributed by atoms with Gasteiger partial charge in [0, 0.05) is 29.2 Å². The fourth-order valence-electron chi connectivity index (χ4n) is 3.41. The van der Waals surface area contributed by atoms with E-state index in [1.807, 2.05) is 0 Å². The molecule has 1 saturated heterocycles. The van der Waals surface area contributed by atoms with Gasteiger partial charge in [0.2, 0.25) is 0 Å². The summed E-state index contributed by atoms with van der Waals surface area (Å²) in [5.41, 5.74) is 0.773. The Morgan fingerprint density at radius 2 is 1.89 bits per heavy atom. The Balaban J connectivity index is 1.72. The van der Waals surface area contributed by atoms with Crippen LogP contribution in [0.25, 0.3) is 17.2 Å². The summed E-state index contributed by atoms with van der Waals surface area (Å²) in [4.78, 5) is 0. The number of rotatable bonds is 7. The molecule has 28 heavy (non-hydrogen) atoms. The van der Waals surface area contributed by atoms with Gasteiger partial charge in [-0.2, -0.15) is 0 Å². The third-order valence-electron chi connectivity index (χ3n) is 5.12. The van der Waals surface area contributed by atoms with E-state index < -0.39 is 17.5 Å². The summed E-state index contributed by atoms with van der Waals surface area (Å²) in [5, 5.41) is 0. The predicted octanol–water partition coefficient (Wildman–Crippen LogP) is 6.45. The van der Waals surface area contributed by atoms with Crippen LogP contribution in [0.5, 0.6) is 0 Å². The number of halogens is 3. The second kappa shape index (κ2) is 9.39. The van der Waals surface area contributed by atoms with Crippen LogP contribution in [-0.4, -0.2) is 19.5 Å². The lowest BCUT2D eigenvalue weighted by Gasteiger charge is -2.29. The molecule has 1 aliphatic heterocycles. The second-order valence-corrected chi connectivity index (χ2v) is 7.04. The minimum Gasteiger partial charge on any atom is -0.353 e. The monoisotopic (exact) mass is 390 g/mol. The molecule has 0 amide bonds. The molecule has 0 N–H and O–H groups in total. The van der Waals surface area contributed by atoms with Crippen molar-refractivity contribution < 1.29 is 22.6 Å². The van der Waals surface area contributed by atoms with Crippen LogP contribution in [0.3, 0.4) is 0 Å². The number of ether oxygens (including phenoxy) is 2. The summed E-state index contributed by atoms with van der Waals surface area (Å²) < 4.78 is 54.4. The first-order valence-corrected chi connectivity index (χ1v) is 9.68. The molecule has 0 bridgehead atoms. The quantitative estimate of drug-likeness (QED) is 0.506. The zero-order valence-corrected chi connectivity index (χ0v) is 16.0. The first kappa shape index (κ1) is 20.6. The van der Waals surface area contributed by atoms with Crippen molar-refractivity contribution in [2.45, 2.75) is 44.8 Å². The van der Waals surface area contributed by atoms with Crippen molar-refractivity contribution in [3.05, 3.63) is 65.5 Å². The number of hydrogen-bond acceptors (Lipinski definition) is 2. The van der Waals surface area contributed by atoms with Crippen LogP contribution in [0, 0.1) is 17.5 Å². The van der Waals surface area contributed by atoms with Gasteiger partial charge in [0.25, 0.3) is 0 Å². The Morgan fingerprint density at radius 1 is 1.11 bits per heavy atom. The van der Waals surface area contributed by atoms with Crippen LogP contribution in [-0.2, 0) is 9.47 Å². The maximum absolute atomic E-state index is 14.7. The molecule has 0 aromatic heterocycles. The number of hydrogen-bond donors (Lipinski definition) is 0. The minimum absolute atomic E-state index is 0.0354. The largest absolute Gasteiger partial charge is 0.353 e. The second-order valence-electron chi connectivity index (χ2n) is 7.04. The van der Waals surface area contributed by atoms with Gasteiger partial charge in [-0.3, -0.25) is 0 Å². The van der Waals surface area contributed by atoms with E-state index in [1.54, 1.807) is 6.07 Å². The molecule has 1 fully saturated rings. The smallest absolute Gasteiger partial charge is 0.167 e. The highest BCUT2D eigenvalue weighted by Crippen LogP contribution is 2.33. The Labute approximate surface area is 164 Å². The van der Waals surface area contributed by atoms with Crippen LogP contribution in [0.2, 0.25) is 0 Å². The van der Waals surface area contributed by atoms with Gasteiger partial charge in [0.05, 0.1) is 6.61 Å². The Kier molecular flexibility index (Phi) is 6.92. The molecule has 1 heterocycles. The van der Waals surface area contributed by atoms with E-state index in [0.717, 1.165) is 31.2 Å². The third-order valence-corrected chi connectivity index (χ3v) is 5.12. The third kappa shape index (κ3) is 4.47. The normalized spacial score (nSPS) is 19.6. The maximum atomic E-state index is 14.7. The highest BCUT2D eigenvalue weighted by Gasteiger charge is 2.24. The molecule has 0 spiro atoms. The fraction of sp³-hybridized carbons (Fsp3) is 0.391. The van der Waals surface area contributed by atoms with Gasteiger partial charge >= 0.3 is 0 Å². The van der Waals surface area contributed by atoms with Crippen molar-refractivity contribution in [2.75, 3.05) is 13.2 Å². The molecule has 0 saturated carbocycles. The SMILES string of the molecule is C=Cc1ccc(-c2ccc(C3CCC(OCCCC)OC3)cc2F)c(F)c1F. The molecule has 0 aliphatic carbocycles. The molecular formula is C23H25F3O2. The summed E-state index contributed by atoms with van der Waals surface area (Å²) in [6.07, 6.45) is 4.67. The fourth-order valence-corrected chi connectivity index (χ4v) is 3.41. The molecule has 3 rings (SSSR count). The van der Waals surface area contributed by atoms with E-state index in [-0.39, 0.29) is 28.9 Å². The molecular weight excluding hydrogens is 365 g/mol. The van der Waals surface area contributed by atoms with E-state index in [0.29, 0.717) is 13.2 Å². The molecule has 2 unspecified atom stereocenters. The average molecular weight is 390 g/mol. The van der Waals surface area contributed by atoms with Gasteiger partial charge < -0.3 is 9.47 Å². The van der Waals surface area contributed by atoms with E-state index in [4.69, 9.17) is 9.47 Å². The van der Waals surface area contributed by atoms with E-state index in [1.165, 1.54) is 30.3 Å². The van der Waals surface area contributed by atoms with E-state index in [9.17, 15) is 13.2 Å². The van der Waals surface area contributed by atoms with E-state index >= 15 is 0 Å². The zero-order valence-electron chi connectivity index (χ0n) is 16.0. The van der Waals surface area contributed by atoms with Gasteiger partial charge in [0.1, 0.15) is 5.82 Å². The standard InChI is InChI=1S/C23H25F3O2/c1-3-5-12-27-21-11-8-17(14-28-21)16-7-9-18(20(24)13-16)19-10-6-15(4-2)22(25)23(19)26/h4,6-7,9-10,13,17,21H,2-3,5,8,11-12,14H2,1H3. The van der Waals surface area contributed by atoms with Crippen molar-refractivity contribution in [2.24, 2.45) is 0 Å². The van der Waals surface area contributed by atoms with Crippen molar-refractivity contribution in [1.82, 2.24) is 0 Å². The molecule has 2 aromatic rings. The van der Waals surface area contributed by atoms with Crippen molar-refractivity contribution >= 4 is 6.08 Å². The lowest BCUT2D eigenvalue weighted by atomic mass is 9.91. The van der Waals surface area contributed by atoms with Gasteiger partial charge in [-0.25, -0.2) is 13.2 Å². The van der Waals surface area contributed by atoms with Crippen molar-refractivity contribution in [3.63, 3.8) is 0 Å². The Hall–Kier alpha value is -2.11. The van der Waals surface area contributed by atoms with Crippen LogP contribution < -0.4 is 0 Å². The lowest BCUT2D eigenvalue weighted by molar-refractivity contribution is -0.167. The number of unbranched alkanes of at least 4 members (excludes halogenated alkanes) is 1. The summed E-state index contributed by atoms with van der Waals surface area (Å²) >= 11 is 0. The molecule has 2 atom stereocenters. The molecule has 0 radical (unpaired) electrons. The maximum Gasteiger partial charge on any atom is 0.167 e. The molecule has 2 aromatic carbocycles. The first-order chi connectivity index (χ1) is 13.5. The van der Waals surface area contributed by atoms with Crippen LogP contribution >= 0.6 is 0 Å². The van der Waals surface area contributed by atoms with Gasteiger partial charge in [-0.15, -0.1) is 0 Å². The minimum atomic E-state index is -1.07. The first-order valence-electron chi connectivity index (χ1n) is 9.68. The van der Waals surface area contributed by atoms with Gasteiger partial charge in [-0.05, 0) is 30.9 Å². The highest BCUT2D eigenvalue weighted by molar-refractivity contribution is 5.67. The Bertz CT molecular complexity index is 827. The predicted molar refractivity (Wildman–Crippen MR) is 104 cm³/mol. The summed E-state index contributed by atoms with van der Waals surface area (Å²) in [7, 11) is 0. The van der Waals surface area contributed by atoms with Crippen LogP contribution in [0.4, 0.5) is 13.2 Å². The summed E-state index contributed by atoms with van der Waals surface area (Å²) in [5.74, 6) is -2.62. The zero-order chi connectivity index (χ0) is 20.1. The summed E-state index contributed by atoms with van der Waals surface area (Å²) in [6.45, 7) is 6.68. The summed E-state index contributed by atoms with van der Waals surface area (Å²) in [6, 6.07) is 7.40. The van der Waals surface area contributed by atoms with Gasteiger partial charge in [-0.1, -0.05) is 50.3 Å². The number of benzene rings is 2. The van der Waals surface area contributed by atoms with E-state index in [2.05, 4.69) is 13.5 Å². The van der Waals surface area contributed by atoms with Gasteiger partial charge in [0.15, 0.2) is 17.9 Å².